The highest BCUT2D eigenvalue weighted by Crippen LogP contribution is 2.04. The monoisotopic (exact) mass is 222 g/mol. The lowest BCUT2D eigenvalue weighted by molar-refractivity contribution is 0.359. The Kier molecular flexibility index (Phi) is 10.1. The van der Waals surface area contributed by atoms with Crippen LogP contribution in [0.15, 0.2) is 30.3 Å². The van der Waals surface area contributed by atoms with E-state index in [-0.39, 0.29) is 0 Å². The first-order valence-corrected chi connectivity index (χ1v) is 6.14. The molecule has 0 aliphatic carbocycles. The van der Waals surface area contributed by atoms with E-state index in [9.17, 15) is 0 Å². The van der Waals surface area contributed by atoms with Gasteiger partial charge in [0.2, 0.25) is 0 Å². The van der Waals surface area contributed by atoms with Crippen LogP contribution >= 0.6 is 0 Å². The van der Waals surface area contributed by atoms with Crippen molar-refractivity contribution in [3.05, 3.63) is 35.9 Å². The van der Waals surface area contributed by atoms with E-state index in [0.29, 0.717) is 0 Å². The van der Waals surface area contributed by atoms with E-state index in [0.717, 1.165) is 0 Å². The molecule has 0 amide bonds. The van der Waals surface area contributed by atoms with Crippen molar-refractivity contribution in [2.24, 2.45) is 5.73 Å². The standard InChI is InChI=1S/C7H8.C6H13N.CH5N/c1-7-5-3-2-4-6-7;1-2-7-5-3-4-6-7;1-2/h2-6H,1H3;2-6H2,1H3;2H2,1H3. The van der Waals surface area contributed by atoms with Crippen molar-refractivity contribution in [1.29, 1.82) is 0 Å². The van der Waals surface area contributed by atoms with E-state index < -0.39 is 0 Å². The molecule has 1 aromatic rings. The van der Waals surface area contributed by atoms with Crippen LogP contribution < -0.4 is 5.73 Å². The number of aryl methyl sites for hydroxylation is 1. The number of nitrogens with zero attached hydrogens (tertiary/aromatic N) is 1. The van der Waals surface area contributed by atoms with Crippen LogP contribution in [-0.4, -0.2) is 31.6 Å². The number of hydrogen-bond donors (Lipinski definition) is 1. The van der Waals surface area contributed by atoms with Gasteiger partial charge in [-0.25, -0.2) is 0 Å². The molecule has 0 radical (unpaired) electrons. The molecule has 0 spiro atoms. The molecule has 1 aliphatic heterocycles. The molecule has 1 heterocycles. The number of benzene rings is 1. The summed E-state index contributed by atoms with van der Waals surface area (Å²) in [6.07, 6.45) is 2.85. The minimum atomic E-state index is 1.25. The van der Waals surface area contributed by atoms with E-state index in [4.69, 9.17) is 0 Å². The minimum Gasteiger partial charge on any atom is -0.333 e. The first-order valence-electron chi connectivity index (χ1n) is 6.14. The van der Waals surface area contributed by atoms with Crippen molar-refractivity contribution in [1.82, 2.24) is 4.90 Å². The van der Waals surface area contributed by atoms with Gasteiger partial charge in [0.1, 0.15) is 0 Å². The molecular formula is C14H26N2. The third-order valence-electron chi connectivity index (χ3n) is 2.59. The lowest BCUT2D eigenvalue weighted by Crippen LogP contribution is -2.17. The lowest BCUT2D eigenvalue weighted by atomic mass is 10.2. The van der Waals surface area contributed by atoms with Crippen molar-refractivity contribution in [3.8, 4) is 0 Å². The van der Waals surface area contributed by atoms with Crippen LogP contribution in [0.3, 0.4) is 0 Å². The molecule has 0 unspecified atom stereocenters. The molecule has 1 aliphatic rings. The van der Waals surface area contributed by atoms with Crippen LogP contribution in [0.5, 0.6) is 0 Å². The smallest absolute Gasteiger partial charge is 0.00184 e. The van der Waals surface area contributed by atoms with Gasteiger partial charge in [0.05, 0.1) is 0 Å². The molecule has 0 aromatic heterocycles. The summed E-state index contributed by atoms with van der Waals surface area (Å²) in [5, 5.41) is 0. The molecule has 2 rings (SSSR count). The fourth-order valence-corrected chi connectivity index (χ4v) is 1.63. The van der Waals surface area contributed by atoms with Crippen LogP contribution in [0.4, 0.5) is 0 Å². The van der Waals surface area contributed by atoms with Gasteiger partial charge in [-0.05, 0) is 46.4 Å². The highest BCUT2D eigenvalue weighted by atomic mass is 15.1. The van der Waals surface area contributed by atoms with Crippen LogP contribution in [-0.2, 0) is 0 Å². The van der Waals surface area contributed by atoms with Gasteiger partial charge in [0.15, 0.2) is 0 Å². The first-order chi connectivity index (χ1) is 7.83. The second kappa shape index (κ2) is 10.7. The van der Waals surface area contributed by atoms with E-state index in [1.165, 1.54) is 45.1 Å². The number of nitrogens with two attached hydrogens (primary N) is 1. The van der Waals surface area contributed by atoms with Crippen molar-refractivity contribution >= 4 is 0 Å². The Morgan fingerprint density at radius 3 is 1.81 bits per heavy atom. The van der Waals surface area contributed by atoms with Gasteiger partial charge in [-0.1, -0.05) is 42.8 Å². The highest BCUT2D eigenvalue weighted by Gasteiger charge is 2.06. The number of hydrogen-bond acceptors (Lipinski definition) is 2. The van der Waals surface area contributed by atoms with Crippen LogP contribution in [0.1, 0.15) is 25.3 Å². The Morgan fingerprint density at radius 1 is 1.06 bits per heavy atom. The largest absolute Gasteiger partial charge is 0.333 e. The van der Waals surface area contributed by atoms with Gasteiger partial charge < -0.3 is 10.6 Å². The molecule has 0 atom stereocenters. The Morgan fingerprint density at radius 2 is 1.56 bits per heavy atom. The maximum Gasteiger partial charge on any atom is -0.00184 e. The summed E-state index contributed by atoms with van der Waals surface area (Å²) in [6.45, 7) is 8.25. The first kappa shape index (κ1) is 15.1. The summed E-state index contributed by atoms with van der Waals surface area (Å²) in [7, 11) is 1.50. The Hall–Kier alpha value is -0.860. The fraction of sp³-hybridized carbons (Fsp3) is 0.571. The predicted octanol–water partition coefficient (Wildman–Crippen LogP) is 2.67. The molecule has 2 nitrogen and oxygen atoms in total. The van der Waals surface area contributed by atoms with Gasteiger partial charge >= 0.3 is 0 Å². The Balaban J connectivity index is 0.000000244. The average Bonchev–Trinajstić information content (AvgIpc) is 2.86. The van der Waals surface area contributed by atoms with E-state index in [1.54, 1.807) is 0 Å². The summed E-state index contributed by atoms with van der Waals surface area (Å²) in [5.74, 6) is 0. The van der Waals surface area contributed by atoms with Crippen LogP contribution in [0.2, 0.25) is 0 Å². The van der Waals surface area contributed by atoms with Crippen molar-refractivity contribution in [2.45, 2.75) is 26.7 Å². The van der Waals surface area contributed by atoms with E-state index in [2.05, 4.69) is 36.6 Å². The Labute approximate surface area is 100 Å². The Bertz CT molecular complexity index is 228. The zero-order chi connectivity index (χ0) is 12.2. The second-order valence-electron chi connectivity index (χ2n) is 3.80. The zero-order valence-electron chi connectivity index (χ0n) is 10.9. The van der Waals surface area contributed by atoms with Gasteiger partial charge in [-0.15, -0.1) is 0 Å². The maximum absolute atomic E-state index is 4.50. The van der Waals surface area contributed by atoms with E-state index >= 15 is 0 Å². The van der Waals surface area contributed by atoms with Crippen LogP contribution in [0, 0.1) is 6.92 Å². The quantitative estimate of drug-likeness (QED) is 0.791. The molecular weight excluding hydrogens is 196 g/mol. The van der Waals surface area contributed by atoms with Gasteiger partial charge in [-0.2, -0.15) is 0 Å². The molecule has 1 fully saturated rings. The van der Waals surface area contributed by atoms with Gasteiger partial charge in [0.25, 0.3) is 0 Å². The van der Waals surface area contributed by atoms with E-state index in [1.807, 2.05) is 18.2 Å². The zero-order valence-corrected chi connectivity index (χ0v) is 10.9. The predicted molar refractivity (Wildman–Crippen MR) is 72.6 cm³/mol. The molecule has 16 heavy (non-hydrogen) atoms. The number of likely N-dealkylation sites (tertiary alicyclic amines) is 1. The van der Waals surface area contributed by atoms with Crippen molar-refractivity contribution in [3.63, 3.8) is 0 Å². The molecule has 1 saturated heterocycles. The molecule has 0 bridgehead atoms. The van der Waals surface area contributed by atoms with Gasteiger partial charge in [-0.3, -0.25) is 0 Å². The summed E-state index contributed by atoms with van der Waals surface area (Å²) in [6, 6.07) is 10.3. The number of rotatable bonds is 1. The van der Waals surface area contributed by atoms with Crippen molar-refractivity contribution in [2.75, 3.05) is 26.7 Å². The molecule has 2 heteroatoms. The fourth-order valence-electron chi connectivity index (χ4n) is 1.63. The third-order valence-corrected chi connectivity index (χ3v) is 2.59. The highest BCUT2D eigenvalue weighted by molar-refractivity contribution is 5.11. The minimum absolute atomic E-state index is 1.25. The molecule has 92 valence electrons. The summed E-state index contributed by atoms with van der Waals surface area (Å²) >= 11 is 0. The summed E-state index contributed by atoms with van der Waals surface area (Å²) in [5.41, 5.74) is 5.82. The van der Waals surface area contributed by atoms with Crippen molar-refractivity contribution < 1.29 is 0 Å². The molecule has 2 N–H and O–H groups in total. The topological polar surface area (TPSA) is 29.3 Å². The SMILES string of the molecule is CCN1CCCC1.CN.Cc1ccccc1. The average molecular weight is 222 g/mol. The summed E-state index contributed by atoms with van der Waals surface area (Å²) < 4.78 is 0. The lowest BCUT2D eigenvalue weighted by Gasteiger charge is -2.08. The van der Waals surface area contributed by atoms with Gasteiger partial charge in [0, 0.05) is 0 Å². The normalized spacial score (nSPS) is 14.5. The molecule has 1 aromatic carbocycles. The third kappa shape index (κ3) is 7.43. The summed E-state index contributed by atoms with van der Waals surface area (Å²) in [4.78, 5) is 2.49. The second-order valence-corrected chi connectivity index (χ2v) is 3.80. The molecule has 0 saturated carbocycles. The maximum atomic E-state index is 4.50. The van der Waals surface area contributed by atoms with Crippen LogP contribution in [0.25, 0.3) is 0 Å².